The monoisotopic (exact) mass is 294 g/mol. The van der Waals surface area contributed by atoms with E-state index in [9.17, 15) is 0 Å². The van der Waals surface area contributed by atoms with Gasteiger partial charge in [0, 0.05) is 12.7 Å². The maximum absolute atomic E-state index is 5.39. The van der Waals surface area contributed by atoms with E-state index in [1.54, 1.807) is 6.20 Å². The predicted octanol–water partition coefficient (Wildman–Crippen LogP) is 2.67. The fourth-order valence-electron chi connectivity index (χ4n) is 2.44. The summed E-state index contributed by atoms with van der Waals surface area (Å²) in [6.45, 7) is 2.78. The number of fused-ring (bicyclic) bond motifs is 2. The Balaban J connectivity index is 1.61. The minimum absolute atomic E-state index is 0.285. The molecular formula is C16H14N4O2. The second kappa shape index (κ2) is 5.14. The van der Waals surface area contributed by atoms with E-state index in [1.807, 2.05) is 37.3 Å². The zero-order valence-corrected chi connectivity index (χ0v) is 12.0. The standard InChI is InChI=1S/C16H14N4O2/c1-10-19-15-12(3-2-6-17-15)16(20-10)18-8-11-4-5-13-14(7-11)22-9-21-13/h2-7H,8-9H2,1H3,(H,17,18,19,20). The Hall–Kier alpha value is -2.89. The molecule has 0 saturated carbocycles. The Morgan fingerprint density at radius 1 is 1.14 bits per heavy atom. The van der Waals surface area contributed by atoms with Gasteiger partial charge in [-0.1, -0.05) is 6.07 Å². The fourth-order valence-corrected chi connectivity index (χ4v) is 2.44. The molecular weight excluding hydrogens is 280 g/mol. The SMILES string of the molecule is Cc1nc(NCc2ccc3c(c2)OCO3)c2cccnc2n1. The number of aryl methyl sites for hydroxylation is 1. The molecule has 0 aliphatic carbocycles. The van der Waals surface area contributed by atoms with Crippen molar-refractivity contribution in [3.63, 3.8) is 0 Å². The second-order valence-corrected chi connectivity index (χ2v) is 5.04. The Morgan fingerprint density at radius 2 is 2.05 bits per heavy atom. The van der Waals surface area contributed by atoms with Crippen LogP contribution in [0.3, 0.4) is 0 Å². The molecule has 0 radical (unpaired) electrons. The highest BCUT2D eigenvalue weighted by atomic mass is 16.7. The zero-order chi connectivity index (χ0) is 14.9. The van der Waals surface area contributed by atoms with Gasteiger partial charge in [-0.25, -0.2) is 15.0 Å². The van der Waals surface area contributed by atoms with E-state index in [2.05, 4.69) is 20.3 Å². The van der Waals surface area contributed by atoms with E-state index < -0.39 is 0 Å². The van der Waals surface area contributed by atoms with Crippen LogP contribution in [0.2, 0.25) is 0 Å². The summed E-state index contributed by atoms with van der Waals surface area (Å²) in [5, 5.41) is 4.26. The summed E-state index contributed by atoms with van der Waals surface area (Å²) in [5.74, 6) is 3.05. The van der Waals surface area contributed by atoms with Crippen molar-refractivity contribution in [2.24, 2.45) is 0 Å². The topological polar surface area (TPSA) is 69.2 Å². The highest BCUT2D eigenvalue weighted by molar-refractivity contribution is 5.86. The lowest BCUT2D eigenvalue weighted by atomic mass is 10.2. The molecule has 6 heteroatoms. The molecule has 0 atom stereocenters. The van der Waals surface area contributed by atoms with E-state index >= 15 is 0 Å². The van der Waals surface area contributed by atoms with Crippen LogP contribution in [0.5, 0.6) is 11.5 Å². The quantitative estimate of drug-likeness (QED) is 0.801. The summed E-state index contributed by atoms with van der Waals surface area (Å²) in [7, 11) is 0. The third-order valence-corrected chi connectivity index (χ3v) is 3.48. The van der Waals surface area contributed by atoms with Gasteiger partial charge in [-0.05, 0) is 36.8 Å². The molecule has 1 aromatic carbocycles. The number of aromatic nitrogens is 3. The van der Waals surface area contributed by atoms with Crippen LogP contribution >= 0.6 is 0 Å². The van der Waals surface area contributed by atoms with Crippen LogP contribution in [0, 0.1) is 6.92 Å². The Kier molecular flexibility index (Phi) is 3.00. The molecule has 6 nitrogen and oxygen atoms in total. The number of pyridine rings is 1. The number of nitrogens with zero attached hydrogens (tertiary/aromatic N) is 3. The summed E-state index contributed by atoms with van der Waals surface area (Å²) < 4.78 is 10.7. The predicted molar refractivity (Wildman–Crippen MR) is 82.0 cm³/mol. The van der Waals surface area contributed by atoms with Crippen LogP contribution in [0.4, 0.5) is 5.82 Å². The normalized spacial score (nSPS) is 12.6. The Bertz CT molecular complexity index is 851. The number of hydrogen-bond donors (Lipinski definition) is 1. The van der Waals surface area contributed by atoms with Crippen molar-refractivity contribution in [3.8, 4) is 11.5 Å². The van der Waals surface area contributed by atoms with Crippen molar-refractivity contribution in [1.82, 2.24) is 15.0 Å². The van der Waals surface area contributed by atoms with Crippen LogP contribution in [-0.4, -0.2) is 21.7 Å². The average Bonchev–Trinajstić information content (AvgIpc) is 3.00. The lowest BCUT2D eigenvalue weighted by Gasteiger charge is -2.09. The lowest BCUT2D eigenvalue weighted by Crippen LogP contribution is -2.04. The molecule has 110 valence electrons. The average molecular weight is 294 g/mol. The maximum atomic E-state index is 5.39. The summed E-state index contributed by atoms with van der Waals surface area (Å²) in [4.78, 5) is 13.1. The third kappa shape index (κ3) is 2.28. The highest BCUT2D eigenvalue weighted by Crippen LogP contribution is 2.32. The summed E-state index contributed by atoms with van der Waals surface area (Å²) >= 11 is 0. The van der Waals surface area contributed by atoms with Crippen LogP contribution in [0.15, 0.2) is 36.5 Å². The van der Waals surface area contributed by atoms with Gasteiger partial charge in [0.05, 0.1) is 5.39 Å². The minimum atomic E-state index is 0.285. The van der Waals surface area contributed by atoms with Gasteiger partial charge in [0.1, 0.15) is 11.6 Å². The fraction of sp³-hybridized carbons (Fsp3) is 0.188. The number of ether oxygens (including phenoxy) is 2. The number of benzene rings is 1. The van der Waals surface area contributed by atoms with E-state index in [0.717, 1.165) is 28.3 Å². The van der Waals surface area contributed by atoms with Crippen molar-refractivity contribution >= 4 is 16.9 Å². The van der Waals surface area contributed by atoms with Crippen molar-refractivity contribution in [2.75, 3.05) is 12.1 Å². The van der Waals surface area contributed by atoms with E-state index in [4.69, 9.17) is 9.47 Å². The molecule has 22 heavy (non-hydrogen) atoms. The number of hydrogen-bond acceptors (Lipinski definition) is 6. The number of anilines is 1. The van der Waals surface area contributed by atoms with Gasteiger partial charge in [-0.15, -0.1) is 0 Å². The van der Waals surface area contributed by atoms with Gasteiger partial charge in [0.2, 0.25) is 6.79 Å². The van der Waals surface area contributed by atoms with Crippen LogP contribution in [0.25, 0.3) is 11.0 Å². The number of rotatable bonds is 3. The minimum Gasteiger partial charge on any atom is -0.454 e. The van der Waals surface area contributed by atoms with Crippen LogP contribution in [0.1, 0.15) is 11.4 Å². The largest absolute Gasteiger partial charge is 0.454 e. The van der Waals surface area contributed by atoms with Crippen LogP contribution in [-0.2, 0) is 6.54 Å². The van der Waals surface area contributed by atoms with Crippen molar-refractivity contribution in [3.05, 3.63) is 47.9 Å². The summed E-state index contributed by atoms with van der Waals surface area (Å²) in [6.07, 6.45) is 1.73. The van der Waals surface area contributed by atoms with Crippen molar-refractivity contribution in [1.29, 1.82) is 0 Å². The first-order valence-corrected chi connectivity index (χ1v) is 7.01. The summed E-state index contributed by atoms with van der Waals surface area (Å²) in [5.41, 5.74) is 1.79. The number of nitrogens with one attached hydrogen (secondary N) is 1. The molecule has 1 aliphatic heterocycles. The molecule has 2 aromatic heterocycles. The molecule has 0 unspecified atom stereocenters. The summed E-state index contributed by atoms with van der Waals surface area (Å²) in [6, 6.07) is 9.75. The molecule has 3 heterocycles. The van der Waals surface area contributed by atoms with Gasteiger partial charge in [-0.3, -0.25) is 0 Å². The van der Waals surface area contributed by atoms with Crippen molar-refractivity contribution < 1.29 is 9.47 Å². The van der Waals surface area contributed by atoms with Gasteiger partial charge >= 0.3 is 0 Å². The highest BCUT2D eigenvalue weighted by Gasteiger charge is 2.13. The van der Waals surface area contributed by atoms with Gasteiger partial charge in [0.25, 0.3) is 0 Å². The molecule has 1 aliphatic rings. The smallest absolute Gasteiger partial charge is 0.231 e. The maximum Gasteiger partial charge on any atom is 0.231 e. The van der Waals surface area contributed by atoms with Gasteiger partial charge < -0.3 is 14.8 Å². The zero-order valence-electron chi connectivity index (χ0n) is 12.0. The molecule has 0 spiro atoms. The van der Waals surface area contributed by atoms with Gasteiger partial charge in [0.15, 0.2) is 17.1 Å². The Labute approximate surface area is 127 Å². The molecule has 0 amide bonds. The van der Waals surface area contributed by atoms with E-state index in [-0.39, 0.29) is 6.79 Å². The first-order valence-electron chi connectivity index (χ1n) is 7.01. The Morgan fingerprint density at radius 3 is 3.00 bits per heavy atom. The molecule has 4 rings (SSSR count). The molecule has 0 fully saturated rings. The lowest BCUT2D eigenvalue weighted by molar-refractivity contribution is 0.174. The molecule has 1 N–H and O–H groups in total. The first-order chi connectivity index (χ1) is 10.8. The van der Waals surface area contributed by atoms with E-state index in [0.29, 0.717) is 18.0 Å². The van der Waals surface area contributed by atoms with Gasteiger partial charge in [-0.2, -0.15) is 0 Å². The van der Waals surface area contributed by atoms with E-state index in [1.165, 1.54) is 0 Å². The molecule has 0 saturated heterocycles. The third-order valence-electron chi connectivity index (χ3n) is 3.48. The van der Waals surface area contributed by atoms with Crippen LogP contribution < -0.4 is 14.8 Å². The molecule has 3 aromatic rings. The van der Waals surface area contributed by atoms with Crippen molar-refractivity contribution in [2.45, 2.75) is 13.5 Å². The second-order valence-electron chi connectivity index (χ2n) is 5.04. The molecule has 0 bridgehead atoms. The first kappa shape index (κ1) is 12.8.